The van der Waals surface area contributed by atoms with Gasteiger partial charge in [0.15, 0.2) is 17.3 Å². The molecular formula is C23H25ClFN5O3. The number of ether oxygens (including phenoxy) is 2. The minimum Gasteiger partial charge on any atom is -0.493 e. The Morgan fingerprint density at radius 1 is 1.12 bits per heavy atom. The van der Waals surface area contributed by atoms with Crippen LogP contribution in [0.25, 0.3) is 0 Å². The molecule has 0 aliphatic carbocycles. The fourth-order valence-electron chi connectivity index (χ4n) is 3.87. The number of carbonyl (C=O) groups is 1. The number of halogens is 2. The van der Waals surface area contributed by atoms with E-state index in [9.17, 15) is 9.18 Å². The van der Waals surface area contributed by atoms with Gasteiger partial charge in [0, 0.05) is 49.3 Å². The van der Waals surface area contributed by atoms with E-state index in [2.05, 4.69) is 20.4 Å². The Hall–Kier alpha value is -3.17. The first kappa shape index (κ1) is 23.0. The first-order valence-electron chi connectivity index (χ1n) is 10.6. The summed E-state index contributed by atoms with van der Waals surface area (Å²) in [5, 5.41) is 12.0. The van der Waals surface area contributed by atoms with Crippen LogP contribution in [0.1, 0.15) is 27.6 Å². The maximum absolute atomic E-state index is 13.4. The van der Waals surface area contributed by atoms with Crippen molar-refractivity contribution in [2.24, 2.45) is 0 Å². The summed E-state index contributed by atoms with van der Waals surface area (Å²) in [6, 6.07) is 9.25. The van der Waals surface area contributed by atoms with Gasteiger partial charge in [0.1, 0.15) is 11.6 Å². The lowest BCUT2D eigenvalue weighted by Crippen LogP contribution is -2.28. The topological polar surface area (TPSA) is 81.5 Å². The summed E-state index contributed by atoms with van der Waals surface area (Å²) in [5.41, 5.74) is 1.22. The highest BCUT2D eigenvalue weighted by Gasteiger charge is 2.21. The van der Waals surface area contributed by atoms with Gasteiger partial charge in [-0.1, -0.05) is 17.7 Å². The van der Waals surface area contributed by atoms with Crippen LogP contribution in [-0.4, -0.2) is 52.9 Å². The second kappa shape index (κ2) is 10.2. The molecule has 10 heteroatoms. The number of carbonyl (C=O) groups excluding carboxylic acids is 1. The molecule has 0 atom stereocenters. The van der Waals surface area contributed by atoms with Crippen LogP contribution < -0.4 is 14.8 Å². The molecule has 0 saturated carbocycles. The average Bonchev–Trinajstić information content (AvgIpc) is 3.10. The SMILES string of the molecule is COc1cc(Cl)c(CN2CCc3nnc(CNC(=O)c4cccc(F)c4)n3CC2)cc1OC. The molecular weight excluding hydrogens is 449 g/mol. The molecule has 0 fully saturated rings. The first-order valence-corrected chi connectivity index (χ1v) is 10.9. The number of hydrogen-bond donors (Lipinski definition) is 1. The van der Waals surface area contributed by atoms with E-state index in [1.54, 1.807) is 26.4 Å². The van der Waals surface area contributed by atoms with Crippen molar-refractivity contribution in [1.29, 1.82) is 0 Å². The van der Waals surface area contributed by atoms with Crippen LogP contribution in [0.5, 0.6) is 11.5 Å². The predicted molar refractivity (Wildman–Crippen MR) is 121 cm³/mol. The maximum Gasteiger partial charge on any atom is 0.251 e. The van der Waals surface area contributed by atoms with E-state index in [1.807, 2.05) is 10.6 Å². The first-order chi connectivity index (χ1) is 16.0. The van der Waals surface area contributed by atoms with Gasteiger partial charge in [-0.15, -0.1) is 10.2 Å². The summed E-state index contributed by atoms with van der Waals surface area (Å²) < 4.78 is 26.1. The van der Waals surface area contributed by atoms with Crippen LogP contribution in [0.15, 0.2) is 36.4 Å². The van der Waals surface area contributed by atoms with Crippen molar-refractivity contribution in [3.05, 3.63) is 70.0 Å². The summed E-state index contributed by atoms with van der Waals surface area (Å²) in [7, 11) is 3.18. The molecule has 33 heavy (non-hydrogen) atoms. The molecule has 2 aromatic carbocycles. The van der Waals surface area contributed by atoms with Gasteiger partial charge >= 0.3 is 0 Å². The van der Waals surface area contributed by atoms with Crippen LogP contribution in [-0.2, 0) is 26.1 Å². The van der Waals surface area contributed by atoms with E-state index in [1.165, 1.54) is 18.2 Å². The highest BCUT2D eigenvalue weighted by Crippen LogP contribution is 2.33. The Morgan fingerprint density at radius 2 is 1.91 bits per heavy atom. The fourth-order valence-corrected chi connectivity index (χ4v) is 4.08. The van der Waals surface area contributed by atoms with E-state index < -0.39 is 5.82 Å². The third-order valence-corrected chi connectivity index (χ3v) is 5.99. The summed E-state index contributed by atoms with van der Waals surface area (Å²) in [5.74, 6) is 1.96. The van der Waals surface area contributed by atoms with Gasteiger partial charge in [0.2, 0.25) is 0 Å². The van der Waals surface area contributed by atoms with Gasteiger partial charge in [-0.3, -0.25) is 9.69 Å². The number of benzene rings is 2. The lowest BCUT2D eigenvalue weighted by atomic mass is 10.1. The number of methoxy groups -OCH3 is 2. The molecule has 1 N–H and O–H groups in total. The number of hydrogen-bond acceptors (Lipinski definition) is 6. The molecule has 0 radical (unpaired) electrons. The predicted octanol–water partition coefficient (Wildman–Crippen LogP) is 3.08. The standard InChI is InChI=1S/C23H25ClFN5O3/c1-32-19-11-16(18(24)12-20(19)33-2)14-29-7-6-21-27-28-22(30(21)9-8-29)13-26-23(31)15-4-3-5-17(25)10-15/h3-5,10-12H,6-9,13-14H2,1-2H3,(H,26,31). The molecule has 0 bridgehead atoms. The Bertz CT molecular complexity index is 1150. The van der Waals surface area contributed by atoms with E-state index in [0.29, 0.717) is 35.4 Å². The Labute approximate surface area is 196 Å². The van der Waals surface area contributed by atoms with Crippen molar-refractivity contribution in [2.45, 2.75) is 26.1 Å². The molecule has 3 aromatic rings. The molecule has 1 amide bonds. The highest BCUT2D eigenvalue weighted by molar-refractivity contribution is 6.31. The molecule has 174 valence electrons. The van der Waals surface area contributed by atoms with Gasteiger partial charge in [-0.25, -0.2) is 4.39 Å². The minimum atomic E-state index is -0.450. The number of rotatable bonds is 7. The van der Waals surface area contributed by atoms with Crippen molar-refractivity contribution in [2.75, 3.05) is 27.3 Å². The van der Waals surface area contributed by atoms with Crippen molar-refractivity contribution in [1.82, 2.24) is 25.0 Å². The number of fused-ring (bicyclic) bond motifs is 1. The largest absolute Gasteiger partial charge is 0.493 e. The summed E-state index contributed by atoms with van der Waals surface area (Å²) in [4.78, 5) is 14.6. The average molecular weight is 474 g/mol. The van der Waals surface area contributed by atoms with Crippen LogP contribution >= 0.6 is 11.6 Å². The Kier molecular flexibility index (Phi) is 7.10. The molecule has 4 rings (SSSR count). The second-order valence-corrected chi connectivity index (χ2v) is 8.11. The number of amides is 1. The van der Waals surface area contributed by atoms with Crippen molar-refractivity contribution in [3.63, 3.8) is 0 Å². The Balaban J connectivity index is 1.40. The fraction of sp³-hybridized carbons (Fsp3) is 0.348. The summed E-state index contributed by atoms with van der Waals surface area (Å²) in [6.45, 7) is 3.10. The van der Waals surface area contributed by atoms with Crippen LogP contribution in [0, 0.1) is 5.82 Å². The van der Waals surface area contributed by atoms with Gasteiger partial charge in [-0.2, -0.15) is 0 Å². The number of nitrogens with zero attached hydrogens (tertiary/aromatic N) is 4. The second-order valence-electron chi connectivity index (χ2n) is 7.70. The van der Waals surface area contributed by atoms with Gasteiger partial charge in [0.25, 0.3) is 5.91 Å². The lowest BCUT2D eigenvalue weighted by molar-refractivity contribution is 0.0949. The molecule has 1 aliphatic heterocycles. The summed E-state index contributed by atoms with van der Waals surface area (Å²) in [6.07, 6.45) is 0.718. The molecule has 1 aromatic heterocycles. The quantitative estimate of drug-likeness (QED) is 0.568. The van der Waals surface area contributed by atoms with E-state index in [0.717, 1.165) is 30.9 Å². The minimum absolute atomic E-state index is 0.212. The van der Waals surface area contributed by atoms with Crippen molar-refractivity contribution >= 4 is 17.5 Å². The van der Waals surface area contributed by atoms with E-state index in [-0.39, 0.29) is 18.0 Å². The third-order valence-electron chi connectivity index (χ3n) is 5.64. The van der Waals surface area contributed by atoms with Crippen LogP contribution in [0.4, 0.5) is 4.39 Å². The monoisotopic (exact) mass is 473 g/mol. The third kappa shape index (κ3) is 5.26. The molecule has 0 unspecified atom stereocenters. The zero-order valence-electron chi connectivity index (χ0n) is 18.5. The lowest BCUT2D eigenvalue weighted by Gasteiger charge is -2.21. The maximum atomic E-state index is 13.4. The zero-order chi connectivity index (χ0) is 23.4. The molecule has 8 nitrogen and oxygen atoms in total. The number of nitrogens with one attached hydrogen (secondary N) is 1. The Morgan fingerprint density at radius 3 is 2.67 bits per heavy atom. The zero-order valence-corrected chi connectivity index (χ0v) is 19.2. The summed E-state index contributed by atoms with van der Waals surface area (Å²) >= 11 is 6.47. The highest BCUT2D eigenvalue weighted by atomic mass is 35.5. The van der Waals surface area contributed by atoms with Crippen molar-refractivity contribution < 1.29 is 18.7 Å². The van der Waals surface area contributed by atoms with E-state index in [4.69, 9.17) is 21.1 Å². The molecule has 1 aliphatic rings. The van der Waals surface area contributed by atoms with Crippen LogP contribution in [0.2, 0.25) is 5.02 Å². The van der Waals surface area contributed by atoms with Gasteiger partial charge in [0.05, 0.1) is 20.8 Å². The molecule has 0 saturated heterocycles. The van der Waals surface area contributed by atoms with Gasteiger partial charge in [-0.05, 0) is 29.8 Å². The number of aromatic nitrogens is 3. The van der Waals surface area contributed by atoms with Gasteiger partial charge < -0.3 is 19.4 Å². The molecule has 0 spiro atoms. The van der Waals surface area contributed by atoms with E-state index >= 15 is 0 Å². The smallest absolute Gasteiger partial charge is 0.251 e. The molecule has 2 heterocycles. The van der Waals surface area contributed by atoms with Crippen molar-refractivity contribution in [3.8, 4) is 11.5 Å². The normalized spacial score (nSPS) is 13.8. The van der Waals surface area contributed by atoms with Crippen LogP contribution in [0.3, 0.4) is 0 Å².